The number of hydrogen-bond acceptors (Lipinski definition) is 4. The first kappa shape index (κ1) is 24.4. The number of rotatable bonds is 19. The number of ether oxygens (including phenoxy) is 1. The van der Waals surface area contributed by atoms with Crippen LogP contribution in [0.25, 0.3) is 0 Å². The summed E-state index contributed by atoms with van der Waals surface area (Å²) in [5.74, 6) is -0.147. The lowest BCUT2D eigenvalue weighted by atomic mass is 10.0. The molecule has 4 nitrogen and oxygen atoms in total. The largest absolute Gasteiger partial charge is 0.466 e. The van der Waals surface area contributed by atoms with Crippen LogP contribution in [0.1, 0.15) is 110 Å². The molecule has 0 saturated heterocycles. The molecule has 0 spiro atoms. The van der Waals surface area contributed by atoms with Gasteiger partial charge in [0.2, 0.25) is 0 Å². The van der Waals surface area contributed by atoms with E-state index in [1.165, 1.54) is 51.4 Å². The highest BCUT2D eigenvalue weighted by molar-refractivity contribution is 5.69. The van der Waals surface area contributed by atoms with Crippen molar-refractivity contribution in [2.45, 2.75) is 116 Å². The molecule has 0 aliphatic rings. The summed E-state index contributed by atoms with van der Waals surface area (Å²) in [6.45, 7) is 2.63. The molecule has 0 bridgehead atoms. The lowest BCUT2D eigenvalue weighted by molar-refractivity contribution is -0.144. The summed E-state index contributed by atoms with van der Waals surface area (Å²) in [6.07, 6.45) is 17.1. The maximum Gasteiger partial charge on any atom is 0.305 e. The van der Waals surface area contributed by atoms with Crippen LogP contribution in [-0.2, 0) is 9.53 Å². The van der Waals surface area contributed by atoms with Crippen LogP contribution >= 0.6 is 0 Å². The average Bonchev–Trinajstić information content (AvgIpc) is 2.60. The molecule has 2 N–H and O–H groups in total. The van der Waals surface area contributed by atoms with Gasteiger partial charge < -0.3 is 14.9 Å². The van der Waals surface area contributed by atoms with Crippen LogP contribution in [0.3, 0.4) is 0 Å². The van der Waals surface area contributed by atoms with E-state index in [2.05, 4.69) is 6.92 Å². The highest BCUT2D eigenvalue weighted by Crippen LogP contribution is 2.14. The number of hydrogen-bond donors (Lipinski definition) is 2. The van der Waals surface area contributed by atoms with E-state index in [1.54, 1.807) is 0 Å². The Kier molecular flexibility index (Phi) is 19.2. The van der Waals surface area contributed by atoms with Crippen LogP contribution < -0.4 is 0 Å². The second-order valence-electron chi connectivity index (χ2n) is 7.17. The molecule has 0 amide bonds. The van der Waals surface area contributed by atoms with E-state index in [0.717, 1.165) is 38.5 Å². The van der Waals surface area contributed by atoms with Crippen LogP contribution in [0.15, 0.2) is 0 Å². The summed E-state index contributed by atoms with van der Waals surface area (Å²) in [6, 6.07) is 0. The van der Waals surface area contributed by atoms with Crippen molar-refractivity contribution in [2.24, 2.45) is 0 Å². The van der Waals surface area contributed by atoms with Gasteiger partial charge in [-0.25, -0.2) is 0 Å². The molecule has 1 unspecified atom stereocenters. The van der Waals surface area contributed by atoms with E-state index in [-0.39, 0.29) is 18.7 Å². The molecular weight excluding hydrogens is 316 g/mol. The quantitative estimate of drug-likeness (QED) is 0.248. The van der Waals surface area contributed by atoms with E-state index >= 15 is 0 Å². The van der Waals surface area contributed by atoms with Crippen molar-refractivity contribution in [2.75, 3.05) is 13.2 Å². The molecule has 0 fully saturated rings. The van der Waals surface area contributed by atoms with Crippen molar-refractivity contribution in [3.8, 4) is 0 Å². The highest BCUT2D eigenvalue weighted by atomic mass is 16.5. The summed E-state index contributed by atoms with van der Waals surface area (Å²) in [7, 11) is 0. The number of esters is 1. The Morgan fingerprint density at radius 3 is 1.88 bits per heavy atom. The fourth-order valence-corrected chi connectivity index (χ4v) is 2.98. The van der Waals surface area contributed by atoms with Gasteiger partial charge in [-0.3, -0.25) is 4.79 Å². The summed E-state index contributed by atoms with van der Waals surface area (Å²) in [5, 5.41) is 18.6. The van der Waals surface area contributed by atoms with Gasteiger partial charge in [0.25, 0.3) is 0 Å². The Morgan fingerprint density at radius 1 is 0.800 bits per heavy atom. The molecule has 0 aromatic carbocycles. The monoisotopic (exact) mass is 358 g/mol. The Hall–Kier alpha value is -0.610. The first-order valence-electron chi connectivity index (χ1n) is 10.6. The third-order valence-corrected chi connectivity index (χ3v) is 4.62. The normalized spacial score (nSPS) is 12.3. The van der Waals surface area contributed by atoms with E-state index < -0.39 is 0 Å². The van der Waals surface area contributed by atoms with Gasteiger partial charge in [0.15, 0.2) is 0 Å². The van der Waals surface area contributed by atoms with Gasteiger partial charge in [0.05, 0.1) is 12.7 Å². The van der Waals surface area contributed by atoms with Gasteiger partial charge in [-0.15, -0.1) is 0 Å². The Labute approximate surface area is 155 Å². The summed E-state index contributed by atoms with van der Waals surface area (Å²) in [4.78, 5) is 11.4. The van der Waals surface area contributed by atoms with Crippen LogP contribution in [0.2, 0.25) is 0 Å². The summed E-state index contributed by atoms with van der Waals surface area (Å²) < 4.78 is 4.99. The summed E-state index contributed by atoms with van der Waals surface area (Å²) in [5.41, 5.74) is 0. The fraction of sp³-hybridized carbons (Fsp3) is 0.952. The molecule has 4 heteroatoms. The number of aliphatic hydroxyl groups excluding tert-OH is 2. The molecule has 0 radical (unpaired) electrons. The molecule has 0 aliphatic heterocycles. The second-order valence-corrected chi connectivity index (χ2v) is 7.17. The molecular formula is C21H42O4. The van der Waals surface area contributed by atoms with Crippen molar-refractivity contribution in [3.63, 3.8) is 0 Å². The molecule has 1 atom stereocenters. The lowest BCUT2D eigenvalue weighted by Gasteiger charge is -2.10. The first-order chi connectivity index (χ1) is 12.2. The summed E-state index contributed by atoms with van der Waals surface area (Å²) >= 11 is 0. The zero-order valence-electron chi connectivity index (χ0n) is 16.5. The maximum absolute atomic E-state index is 11.4. The van der Waals surface area contributed by atoms with Crippen LogP contribution in [0, 0.1) is 0 Å². The van der Waals surface area contributed by atoms with E-state index in [0.29, 0.717) is 19.4 Å². The predicted molar refractivity (Wildman–Crippen MR) is 104 cm³/mol. The van der Waals surface area contributed by atoms with Crippen molar-refractivity contribution in [3.05, 3.63) is 0 Å². The van der Waals surface area contributed by atoms with Gasteiger partial charge in [-0.05, 0) is 19.3 Å². The third-order valence-electron chi connectivity index (χ3n) is 4.62. The SMILES string of the molecule is CCCCCCCCC(O)CCCCCCCCC(=O)OCCCO. The van der Waals surface area contributed by atoms with Gasteiger partial charge in [0, 0.05) is 19.4 Å². The van der Waals surface area contributed by atoms with Crippen molar-refractivity contribution in [1.82, 2.24) is 0 Å². The number of aliphatic hydroxyl groups is 2. The van der Waals surface area contributed by atoms with Crippen molar-refractivity contribution < 1.29 is 19.7 Å². The van der Waals surface area contributed by atoms with Gasteiger partial charge in [-0.1, -0.05) is 77.6 Å². The Bertz CT molecular complexity index is 281. The Balaban J connectivity index is 3.22. The molecule has 0 rings (SSSR count). The molecule has 0 aromatic rings. The maximum atomic E-state index is 11.4. The highest BCUT2D eigenvalue weighted by Gasteiger charge is 2.04. The van der Waals surface area contributed by atoms with Crippen LogP contribution in [-0.4, -0.2) is 35.5 Å². The topological polar surface area (TPSA) is 66.8 Å². The average molecular weight is 359 g/mol. The van der Waals surface area contributed by atoms with Gasteiger partial charge >= 0.3 is 5.97 Å². The molecule has 0 saturated carbocycles. The standard InChI is InChI=1S/C21H42O4/c1-2-3-4-5-8-11-15-20(23)16-12-9-6-7-10-13-17-21(24)25-19-14-18-22/h20,22-23H,2-19H2,1H3. The number of carbonyl (C=O) groups is 1. The third kappa shape index (κ3) is 19.6. The van der Waals surface area contributed by atoms with E-state index in [9.17, 15) is 9.90 Å². The van der Waals surface area contributed by atoms with Crippen LogP contribution in [0.4, 0.5) is 0 Å². The predicted octanol–water partition coefficient (Wildman–Crippen LogP) is 5.14. The minimum absolute atomic E-state index is 0.0704. The molecule has 0 aliphatic carbocycles. The second kappa shape index (κ2) is 19.7. The molecule has 0 heterocycles. The molecule has 150 valence electrons. The van der Waals surface area contributed by atoms with E-state index in [4.69, 9.17) is 9.84 Å². The lowest BCUT2D eigenvalue weighted by Crippen LogP contribution is -2.06. The zero-order chi connectivity index (χ0) is 18.6. The molecule has 25 heavy (non-hydrogen) atoms. The van der Waals surface area contributed by atoms with Crippen molar-refractivity contribution in [1.29, 1.82) is 0 Å². The van der Waals surface area contributed by atoms with Gasteiger partial charge in [0.1, 0.15) is 0 Å². The number of unbranched alkanes of at least 4 members (excludes halogenated alkanes) is 10. The zero-order valence-corrected chi connectivity index (χ0v) is 16.5. The minimum Gasteiger partial charge on any atom is -0.466 e. The molecule has 0 aromatic heterocycles. The van der Waals surface area contributed by atoms with Crippen molar-refractivity contribution >= 4 is 5.97 Å². The van der Waals surface area contributed by atoms with Gasteiger partial charge in [-0.2, -0.15) is 0 Å². The smallest absolute Gasteiger partial charge is 0.305 e. The van der Waals surface area contributed by atoms with Crippen LogP contribution in [0.5, 0.6) is 0 Å². The fourth-order valence-electron chi connectivity index (χ4n) is 2.98. The number of carbonyl (C=O) groups excluding carboxylic acids is 1. The minimum atomic E-state index is -0.147. The van der Waals surface area contributed by atoms with E-state index in [1.807, 2.05) is 0 Å². The first-order valence-corrected chi connectivity index (χ1v) is 10.6. The Morgan fingerprint density at radius 2 is 1.32 bits per heavy atom.